The topological polar surface area (TPSA) is 64.1 Å². The van der Waals surface area contributed by atoms with Gasteiger partial charge >= 0.3 is 0 Å². The fraction of sp³-hybridized carbons (Fsp3) is 0.500. The molecule has 0 saturated carbocycles. The SMILES string of the molecule is CCOc1cc(C(=O)N(CCN(CC)CC)c2nc3cc(C)cc(C)c3s2)cc(OCC)c1OCC.Cl. The molecule has 0 aliphatic rings. The van der Waals surface area contributed by atoms with Gasteiger partial charge in [-0.3, -0.25) is 9.69 Å². The van der Waals surface area contributed by atoms with Gasteiger partial charge in [0.05, 0.1) is 30.0 Å². The average Bonchev–Trinajstić information content (AvgIpc) is 3.27. The second-order valence-corrected chi connectivity index (χ2v) is 9.49. The number of ether oxygens (including phenoxy) is 3. The van der Waals surface area contributed by atoms with E-state index in [-0.39, 0.29) is 18.3 Å². The lowest BCUT2D eigenvalue weighted by atomic mass is 10.1. The predicted molar refractivity (Wildman–Crippen MR) is 156 cm³/mol. The number of carbonyl (C=O) groups excluding carboxylic acids is 1. The van der Waals surface area contributed by atoms with Crippen molar-refractivity contribution in [3.8, 4) is 17.2 Å². The molecule has 0 N–H and O–H groups in total. The molecule has 0 bridgehead atoms. The molecule has 0 fully saturated rings. The molecule has 0 atom stereocenters. The summed E-state index contributed by atoms with van der Waals surface area (Å²) in [5, 5.41) is 0.695. The van der Waals surface area contributed by atoms with Crippen LogP contribution in [0.3, 0.4) is 0 Å². The zero-order valence-electron chi connectivity index (χ0n) is 23.1. The van der Waals surface area contributed by atoms with Gasteiger partial charge in [0, 0.05) is 18.7 Å². The van der Waals surface area contributed by atoms with Crippen LogP contribution in [0.5, 0.6) is 17.2 Å². The van der Waals surface area contributed by atoms with Crippen LogP contribution in [0.4, 0.5) is 5.13 Å². The van der Waals surface area contributed by atoms with E-state index >= 15 is 0 Å². The number of aryl methyl sites for hydroxylation is 2. The number of thiazole rings is 1. The first kappa shape index (κ1) is 30.7. The Morgan fingerprint density at radius 3 is 2.00 bits per heavy atom. The van der Waals surface area contributed by atoms with Crippen molar-refractivity contribution in [1.82, 2.24) is 9.88 Å². The van der Waals surface area contributed by atoms with Crippen molar-refractivity contribution in [1.29, 1.82) is 0 Å². The Morgan fingerprint density at radius 2 is 1.46 bits per heavy atom. The molecule has 3 rings (SSSR count). The third-order valence-corrected chi connectivity index (χ3v) is 7.20. The van der Waals surface area contributed by atoms with Gasteiger partial charge in [-0.2, -0.15) is 0 Å². The summed E-state index contributed by atoms with van der Waals surface area (Å²) in [5.74, 6) is 1.40. The highest BCUT2D eigenvalue weighted by atomic mass is 35.5. The fourth-order valence-corrected chi connectivity index (χ4v) is 5.25. The quantitative estimate of drug-likeness (QED) is 0.242. The van der Waals surface area contributed by atoms with E-state index in [1.165, 1.54) is 5.56 Å². The standard InChI is InChI=1S/C28H39N3O4S.ClH/c1-8-30(9-2)13-14-31(28-29-22-16-19(6)15-20(7)26(22)36-28)27(32)21-17-23(33-10-3)25(35-12-5)24(18-21)34-11-4;/h15-18H,8-14H2,1-7H3;1H. The number of carbonyl (C=O) groups is 1. The van der Waals surface area contributed by atoms with E-state index in [4.69, 9.17) is 19.2 Å². The van der Waals surface area contributed by atoms with Crippen LogP contribution in [0, 0.1) is 13.8 Å². The van der Waals surface area contributed by atoms with Crippen LogP contribution in [-0.4, -0.2) is 61.8 Å². The van der Waals surface area contributed by atoms with Crippen molar-refractivity contribution in [2.45, 2.75) is 48.5 Å². The smallest absolute Gasteiger partial charge is 0.260 e. The first-order valence-electron chi connectivity index (χ1n) is 12.8. The first-order valence-corrected chi connectivity index (χ1v) is 13.7. The van der Waals surface area contributed by atoms with Gasteiger partial charge in [-0.15, -0.1) is 12.4 Å². The molecule has 1 heterocycles. The predicted octanol–water partition coefficient (Wildman–Crippen LogP) is 6.52. The zero-order valence-corrected chi connectivity index (χ0v) is 24.7. The third kappa shape index (κ3) is 7.27. The lowest BCUT2D eigenvalue weighted by molar-refractivity contribution is 0.0982. The molecular weight excluding hydrogens is 510 g/mol. The summed E-state index contributed by atoms with van der Waals surface area (Å²) in [7, 11) is 0. The first-order chi connectivity index (χ1) is 17.4. The molecule has 0 saturated heterocycles. The lowest BCUT2D eigenvalue weighted by Crippen LogP contribution is -2.38. The van der Waals surface area contributed by atoms with Crippen molar-refractivity contribution in [2.24, 2.45) is 0 Å². The third-order valence-electron chi connectivity index (χ3n) is 5.98. The molecule has 0 spiro atoms. The van der Waals surface area contributed by atoms with Crippen molar-refractivity contribution in [2.75, 3.05) is 50.9 Å². The second kappa shape index (κ2) is 14.4. The maximum atomic E-state index is 14.1. The molecule has 2 aromatic carbocycles. The molecule has 7 nitrogen and oxygen atoms in total. The number of likely N-dealkylation sites (N-methyl/N-ethyl adjacent to an activating group) is 1. The van der Waals surface area contributed by atoms with E-state index in [0.29, 0.717) is 54.3 Å². The van der Waals surface area contributed by atoms with Crippen LogP contribution >= 0.6 is 23.7 Å². The number of amides is 1. The van der Waals surface area contributed by atoms with Gasteiger partial charge in [0.15, 0.2) is 16.6 Å². The summed E-state index contributed by atoms with van der Waals surface area (Å²) in [6.45, 7) is 18.6. The number of fused-ring (bicyclic) bond motifs is 1. The molecule has 0 aliphatic heterocycles. The summed E-state index contributed by atoms with van der Waals surface area (Å²) in [6, 6.07) is 7.74. The van der Waals surface area contributed by atoms with Crippen molar-refractivity contribution in [3.05, 3.63) is 41.0 Å². The fourth-order valence-electron chi connectivity index (χ4n) is 4.21. The monoisotopic (exact) mass is 549 g/mol. The zero-order chi connectivity index (χ0) is 26.2. The van der Waals surface area contributed by atoms with Crippen LogP contribution in [0.25, 0.3) is 10.2 Å². The molecule has 0 radical (unpaired) electrons. The molecule has 1 aromatic heterocycles. The van der Waals surface area contributed by atoms with E-state index in [2.05, 4.69) is 44.7 Å². The van der Waals surface area contributed by atoms with Gasteiger partial charge < -0.3 is 19.1 Å². The number of hydrogen-bond donors (Lipinski definition) is 0. The Hall–Kier alpha value is -2.55. The second-order valence-electron chi connectivity index (χ2n) is 8.51. The number of aromatic nitrogens is 1. The van der Waals surface area contributed by atoms with Gasteiger partial charge in [-0.25, -0.2) is 4.98 Å². The largest absolute Gasteiger partial charge is 0.490 e. The Balaban J connectivity index is 0.00000481. The maximum Gasteiger partial charge on any atom is 0.260 e. The summed E-state index contributed by atoms with van der Waals surface area (Å²) in [6.07, 6.45) is 0. The minimum Gasteiger partial charge on any atom is -0.490 e. The van der Waals surface area contributed by atoms with E-state index in [1.807, 2.05) is 20.8 Å². The molecule has 0 aliphatic carbocycles. The Bertz CT molecular complexity index is 1150. The number of rotatable bonds is 13. The minimum absolute atomic E-state index is 0. The summed E-state index contributed by atoms with van der Waals surface area (Å²) >= 11 is 1.56. The summed E-state index contributed by atoms with van der Waals surface area (Å²) in [5.41, 5.74) is 3.73. The van der Waals surface area contributed by atoms with Crippen LogP contribution in [0.2, 0.25) is 0 Å². The highest BCUT2D eigenvalue weighted by Crippen LogP contribution is 2.40. The van der Waals surface area contributed by atoms with Gasteiger partial charge in [0.25, 0.3) is 5.91 Å². The molecule has 204 valence electrons. The van der Waals surface area contributed by atoms with E-state index in [9.17, 15) is 4.79 Å². The number of anilines is 1. The number of hydrogen-bond acceptors (Lipinski definition) is 7. The van der Waals surface area contributed by atoms with Crippen LogP contribution in [0.15, 0.2) is 24.3 Å². The highest BCUT2D eigenvalue weighted by Gasteiger charge is 2.26. The molecular formula is C28H40ClN3O4S. The molecule has 3 aromatic rings. The van der Waals surface area contributed by atoms with Crippen molar-refractivity contribution >= 4 is 45.0 Å². The van der Waals surface area contributed by atoms with E-state index in [0.717, 1.165) is 35.4 Å². The Morgan fingerprint density at radius 1 is 0.865 bits per heavy atom. The number of halogens is 1. The Labute approximate surface area is 231 Å². The van der Waals surface area contributed by atoms with Gasteiger partial charge in [-0.1, -0.05) is 31.3 Å². The molecule has 0 unspecified atom stereocenters. The van der Waals surface area contributed by atoms with Crippen LogP contribution in [-0.2, 0) is 0 Å². The summed E-state index contributed by atoms with van der Waals surface area (Å²) in [4.78, 5) is 23.1. The molecule has 1 amide bonds. The van der Waals surface area contributed by atoms with E-state index in [1.54, 1.807) is 28.4 Å². The van der Waals surface area contributed by atoms with Gasteiger partial charge in [0.1, 0.15) is 0 Å². The van der Waals surface area contributed by atoms with Crippen LogP contribution in [0.1, 0.15) is 56.1 Å². The Kier molecular flexibility index (Phi) is 11.9. The normalized spacial score (nSPS) is 10.9. The maximum absolute atomic E-state index is 14.1. The number of nitrogens with zero attached hydrogens (tertiary/aromatic N) is 3. The summed E-state index contributed by atoms with van der Waals surface area (Å²) < 4.78 is 18.7. The average molecular weight is 550 g/mol. The van der Waals surface area contributed by atoms with Crippen molar-refractivity contribution in [3.63, 3.8) is 0 Å². The molecule has 37 heavy (non-hydrogen) atoms. The lowest BCUT2D eigenvalue weighted by Gasteiger charge is -2.25. The highest BCUT2D eigenvalue weighted by molar-refractivity contribution is 7.22. The van der Waals surface area contributed by atoms with E-state index < -0.39 is 0 Å². The van der Waals surface area contributed by atoms with Crippen LogP contribution < -0.4 is 19.1 Å². The minimum atomic E-state index is -0.138. The number of benzene rings is 2. The van der Waals surface area contributed by atoms with Gasteiger partial charge in [-0.05, 0) is 77.0 Å². The van der Waals surface area contributed by atoms with Crippen molar-refractivity contribution < 1.29 is 19.0 Å². The van der Waals surface area contributed by atoms with Gasteiger partial charge in [0.2, 0.25) is 5.75 Å². The molecule has 9 heteroatoms.